The van der Waals surface area contributed by atoms with E-state index in [0.29, 0.717) is 43.3 Å². The van der Waals surface area contributed by atoms with Crippen LogP contribution in [-0.2, 0) is 0 Å². The van der Waals surface area contributed by atoms with E-state index in [1.807, 2.05) is 6.92 Å². The van der Waals surface area contributed by atoms with Gasteiger partial charge in [0.1, 0.15) is 11.3 Å². The fourth-order valence-electron chi connectivity index (χ4n) is 2.91. The standard InChI is InChI=1S/C22H15BrClN3O3S/c1-11-2-5-14(16(24)8-11)20(29)27-22(31)25-13-4-7-19-17(10-13)26-21(30-19)12-3-6-18(28)15(23)9-12/h2-10,28H,1H3,(H2,25,27,29,31). The van der Waals surface area contributed by atoms with Crippen molar-refractivity contribution in [1.29, 1.82) is 0 Å². The van der Waals surface area contributed by atoms with Gasteiger partial charge in [-0.15, -0.1) is 0 Å². The molecule has 0 aliphatic rings. The van der Waals surface area contributed by atoms with E-state index in [1.165, 1.54) is 0 Å². The van der Waals surface area contributed by atoms with Crippen molar-refractivity contribution >= 4 is 67.6 Å². The number of hydrogen-bond acceptors (Lipinski definition) is 5. The Morgan fingerprint density at radius 3 is 2.71 bits per heavy atom. The van der Waals surface area contributed by atoms with E-state index >= 15 is 0 Å². The minimum atomic E-state index is -0.398. The van der Waals surface area contributed by atoms with Crippen molar-refractivity contribution < 1.29 is 14.3 Å². The number of amides is 1. The molecular weight excluding hydrogens is 502 g/mol. The summed E-state index contributed by atoms with van der Waals surface area (Å²) in [5, 5.41) is 15.7. The van der Waals surface area contributed by atoms with E-state index in [2.05, 4.69) is 31.5 Å². The smallest absolute Gasteiger partial charge is 0.258 e. The van der Waals surface area contributed by atoms with Crippen molar-refractivity contribution in [3.05, 3.63) is 75.2 Å². The van der Waals surface area contributed by atoms with Crippen LogP contribution in [0.1, 0.15) is 15.9 Å². The third kappa shape index (κ3) is 4.71. The molecule has 0 aliphatic heterocycles. The van der Waals surface area contributed by atoms with Gasteiger partial charge in [0.25, 0.3) is 5.91 Å². The van der Waals surface area contributed by atoms with Gasteiger partial charge < -0.3 is 14.8 Å². The highest BCUT2D eigenvalue weighted by atomic mass is 79.9. The summed E-state index contributed by atoms with van der Waals surface area (Å²) in [7, 11) is 0. The average Bonchev–Trinajstić information content (AvgIpc) is 3.13. The number of anilines is 1. The molecule has 1 amide bonds. The van der Waals surface area contributed by atoms with Crippen LogP contribution in [0.3, 0.4) is 0 Å². The lowest BCUT2D eigenvalue weighted by Crippen LogP contribution is -2.34. The molecule has 0 atom stereocenters. The molecule has 1 aromatic heterocycles. The van der Waals surface area contributed by atoms with E-state index in [0.717, 1.165) is 5.56 Å². The molecule has 4 rings (SSSR count). The molecule has 0 unspecified atom stereocenters. The Balaban J connectivity index is 1.50. The van der Waals surface area contributed by atoms with Crippen LogP contribution < -0.4 is 10.6 Å². The maximum absolute atomic E-state index is 12.4. The Hall–Kier alpha value is -2.94. The van der Waals surface area contributed by atoms with Gasteiger partial charge >= 0.3 is 0 Å². The first-order chi connectivity index (χ1) is 14.8. The van der Waals surface area contributed by atoms with E-state index in [4.69, 9.17) is 28.2 Å². The van der Waals surface area contributed by atoms with Gasteiger partial charge in [0.2, 0.25) is 5.89 Å². The molecule has 6 nitrogen and oxygen atoms in total. The second kappa shape index (κ2) is 8.66. The zero-order valence-electron chi connectivity index (χ0n) is 16.1. The van der Waals surface area contributed by atoms with Gasteiger partial charge in [0.05, 0.1) is 15.1 Å². The molecule has 31 heavy (non-hydrogen) atoms. The number of aromatic nitrogens is 1. The molecular formula is C22H15BrClN3O3S. The lowest BCUT2D eigenvalue weighted by atomic mass is 10.1. The summed E-state index contributed by atoms with van der Waals surface area (Å²) >= 11 is 14.7. The Morgan fingerprint density at radius 1 is 1.16 bits per heavy atom. The zero-order chi connectivity index (χ0) is 22.1. The molecule has 9 heteroatoms. The van der Waals surface area contributed by atoms with E-state index < -0.39 is 5.91 Å². The first-order valence-electron chi connectivity index (χ1n) is 9.08. The van der Waals surface area contributed by atoms with Crippen molar-refractivity contribution in [3.63, 3.8) is 0 Å². The third-order valence-electron chi connectivity index (χ3n) is 4.44. The van der Waals surface area contributed by atoms with Gasteiger partial charge in [0, 0.05) is 11.3 Å². The second-order valence-electron chi connectivity index (χ2n) is 6.76. The van der Waals surface area contributed by atoms with E-state index in [1.54, 1.807) is 54.6 Å². The number of aromatic hydroxyl groups is 1. The van der Waals surface area contributed by atoms with Crippen molar-refractivity contribution in [1.82, 2.24) is 10.3 Å². The molecule has 0 radical (unpaired) electrons. The van der Waals surface area contributed by atoms with Gasteiger partial charge in [-0.2, -0.15) is 0 Å². The minimum Gasteiger partial charge on any atom is -0.507 e. The molecule has 3 N–H and O–H groups in total. The summed E-state index contributed by atoms with van der Waals surface area (Å²) < 4.78 is 6.34. The molecule has 0 aliphatic carbocycles. The molecule has 0 fully saturated rings. The highest BCUT2D eigenvalue weighted by Crippen LogP contribution is 2.31. The predicted octanol–water partition coefficient (Wildman–Crippen LogP) is 6.05. The van der Waals surface area contributed by atoms with Gasteiger partial charge in [0.15, 0.2) is 10.7 Å². The summed E-state index contributed by atoms with van der Waals surface area (Å²) in [6.45, 7) is 1.89. The number of phenolic OH excluding ortho intramolecular Hbond substituents is 1. The maximum atomic E-state index is 12.4. The molecule has 156 valence electrons. The Kier molecular flexibility index (Phi) is 5.95. The normalized spacial score (nSPS) is 10.8. The topological polar surface area (TPSA) is 87.4 Å². The van der Waals surface area contributed by atoms with Crippen LogP contribution in [0.2, 0.25) is 5.02 Å². The van der Waals surface area contributed by atoms with Gasteiger partial charge in [-0.25, -0.2) is 4.98 Å². The number of thiocarbonyl (C=S) groups is 1. The summed E-state index contributed by atoms with van der Waals surface area (Å²) in [5.41, 5.74) is 3.86. The maximum Gasteiger partial charge on any atom is 0.258 e. The zero-order valence-corrected chi connectivity index (χ0v) is 19.2. The van der Waals surface area contributed by atoms with Gasteiger partial charge in [-0.1, -0.05) is 17.7 Å². The molecule has 0 saturated carbocycles. The van der Waals surface area contributed by atoms with Crippen LogP contribution in [0, 0.1) is 6.92 Å². The van der Waals surface area contributed by atoms with E-state index in [-0.39, 0.29) is 10.9 Å². The number of carbonyl (C=O) groups is 1. The molecule has 0 saturated heterocycles. The second-order valence-corrected chi connectivity index (χ2v) is 8.43. The first kappa shape index (κ1) is 21.3. The van der Waals surface area contributed by atoms with Crippen molar-refractivity contribution in [2.75, 3.05) is 5.32 Å². The summed E-state index contributed by atoms with van der Waals surface area (Å²) in [5.74, 6) is 0.150. The van der Waals surface area contributed by atoms with Crippen LogP contribution in [-0.4, -0.2) is 21.1 Å². The number of aryl methyl sites for hydroxylation is 1. The number of phenols is 1. The molecule has 0 spiro atoms. The lowest BCUT2D eigenvalue weighted by molar-refractivity contribution is 0.0978. The van der Waals surface area contributed by atoms with Gasteiger partial charge in [-0.05, 0) is 89.2 Å². The Bertz CT molecular complexity index is 1340. The first-order valence-corrected chi connectivity index (χ1v) is 10.7. The number of hydrogen-bond donors (Lipinski definition) is 3. The number of rotatable bonds is 3. The van der Waals surface area contributed by atoms with Crippen molar-refractivity contribution in [2.45, 2.75) is 6.92 Å². The number of carbonyl (C=O) groups excluding carboxylic acids is 1. The predicted molar refractivity (Wildman–Crippen MR) is 129 cm³/mol. The number of fused-ring (bicyclic) bond motifs is 1. The quantitative estimate of drug-likeness (QED) is 0.287. The van der Waals surface area contributed by atoms with Crippen LogP contribution in [0.5, 0.6) is 5.75 Å². The summed E-state index contributed by atoms with van der Waals surface area (Å²) in [6.07, 6.45) is 0. The lowest BCUT2D eigenvalue weighted by Gasteiger charge is -2.10. The number of nitrogens with one attached hydrogen (secondary N) is 2. The summed E-state index contributed by atoms with van der Waals surface area (Å²) in [4.78, 5) is 16.9. The van der Waals surface area contributed by atoms with Gasteiger partial charge in [-0.3, -0.25) is 10.1 Å². The average molecular weight is 517 g/mol. The van der Waals surface area contributed by atoms with Crippen LogP contribution in [0.25, 0.3) is 22.6 Å². The van der Waals surface area contributed by atoms with Crippen LogP contribution >= 0.6 is 39.7 Å². The SMILES string of the molecule is Cc1ccc(C(=O)NC(=S)Nc2ccc3oc(-c4ccc(O)c(Br)c4)nc3c2)c(Cl)c1. The molecule has 0 bridgehead atoms. The third-order valence-corrected chi connectivity index (χ3v) is 5.59. The van der Waals surface area contributed by atoms with Crippen LogP contribution in [0.15, 0.2) is 63.5 Å². The summed E-state index contributed by atoms with van der Waals surface area (Å²) in [6, 6.07) is 15.4. The highest BCUT2D eigenvalue weighted by molar-refractivity contribution is 9.10. The van der Waals surface area contributed by atoms with E-state index in [9.17, 15) is 9.90 Å². The number of halogens is 2. The molecule has 1 heterocycles. The minimum absolute atomic E-state index is 0.132. The largest absolute Gasteiger partial charge is 0.507 e. The fourth-order valence-corrected chi connectivity index (χ4v) is 3.82. The monoisotopic (exact) mass is 515 g/mol. The molecule has 3 aromatic carbocycles. The number of oxazole rings is 1. The molecule has 4 aromatic rings. The van der Waals surface area contributed by atoms with Crippen molar-refractivity contribution in [3.8, 4) is 17.2 Å². The number of nitrogens with zero attached hydrogens (tertiary/aromatic N) is 1. The fraction of sp³-hybridized carbons (Fsp3) is 0.0455. The van der Waals surface area contributed by atoms with Crippen molar-refractivity contribution in [2.24, 2.45) is 0 Å². The Morgan fingerprint density at radius 2 is 1.97 bits per heavy atom. The number of benzene rings is 3. The highest BCUT2D eigenvalue weighted by Gasteiger charge is 2.14. The Labute approximate surface area is 196 Å². The van der Waals surface area contributed by atoms with Crippen LogP contribution in [0.4, 0.5) is 5.69 Å².